The number of esters is 1. The molecule has 7 heteroatoms. The number of halogens is 1. The van der Waals surface area contributed by atoms with Crippen molar-refractivity contribution in [2.45, 2.75) is 13.5 Å². The highest BCUT2D eigenvalue weighted by atomic mass is 35.5. The lowest BCUT2D eigenvalue weighted by atomic mass is 10.1. The zero-order valence-corrected chi connectivity index (χ0v) is 15.8. The number of rotatable bonds is 5. The predicted octanol–water partition coefficient (Wildman–Crippen LogP) is 4.13. The third kappa shape index (κ3) is 3.90. The van der Waals surface area contributed by atoms with E-state index in [9.17, 15) is 9.59 Å². The molecule has 0 aliphatic rings. The molecule has 2 aromatic carbocycles. The Morgan fingerprint density at radius 1 is 1.11 bits per heavy atom. The molecular weight excluding hydrogens is 372 g/mol. The molecule has 0 N–H and O–H groups in total. The second-order valence-corrected chi connectivity index (χ2v) is 6.24. The van der Waals surface area contributed by atoms with Gasteiger partial charge in [-0.1, -0.05) is 11.6 Å². The molecule has 0 unspecified atom stereocenters. The van der Waals surface area contributed by atoms with E-state index in [4.69, 9.17) is 30.2 Å². The van der Waals surface area contributed by atoms with Crippen molar-refractivity contribution in [2.24, 2.45) is 0 Å². The van der Waals surface area contributed by atoms with Crippen molar-refractivity contribution in [3.8, 4) is 11.5 Å². The van der Waals surface area contributed by atoms with E-state index in [-0.39, 0.29) is 12.2 Å². The zero-order chi connectivity index (χ0) is 19.6. The summed E-state index contributed by atoms with van der Waals surface area (Å²) < 4.78 is 20.9. The van der Waals surface area contributed by atoms with Gasteiger partial charge < -0.3 is 18.6 Å². The number of benzene rings is 2. The number of methoxy groups -OCH3 is 2. The first-order valence-electron chi connectivity index (χ1n) is 8.05. The van der Waals surface area contributed by atoms with Crippen LogP contribution in [0.1, 0.15) is 21.5 Å². The average Bonchev–Trinajstić information content (AvgIpc) is 2.66. The first kappa shape index (κ1) is 18.8. The molecule has 0 saturated carbocycles. The van der Waals surface area contributed by atoms with Crippen molar-refractivity contribution >= 4 is 28.5 Å². The van der Waals surface area contributed by atoms with Crippen LogP contribution >= 0.6 is 11.6 Å². The third-order valence-corrected chi connectivity index (χ3v) is 4.50. The van der Waals surface area contributed by atoms with Crippen LogP contribution in [0, 0.1) is 6.92 Å². The molecule has 0 bridgehead atoms. The number of carbonyl (C=O) groups is 1. The molecule has 0 fully saturated rings. The molecule has 3 aromatic rings. The van der Waals surface area contributed by atoms with Crippen LogP contribution in [0.15, 0.2) is 45.6 Å². The van der Waals surface area contributed by atoms with E-state index in [0.29, 0.717) is 33.1 Å². The van der Waals surface area contributed by atoms with Gasteiger partial charge in [0.2, 0.25) is 0 Å². The lowest BCUT2D eigenvalue weighted by Gasteiger charge is -2.11. The topological polar surface area (TPSA) is 75.0 Å². The summed E-state index contributed by atoms with van der Waals surface area (Å²) in [6.07, 6.45) is 0. The van der Waals surface area contributed by atoms with Crippen molar-refractivity contribution in [1.29, 1.82) is 0 Å². The molecule has 0 saturated heterocycles. The monoisotopic (exact) mass is 388 g/mol. The Hall–Kier alpha value is -2.99. The van der Waals surface area contributed by atoms with Gasteiger partial charge in [-0.05, 0) is 36.8 Å². The van der Waals surface area contributed by atoms with Gasteiger partial charge in [-0.2, -0.15) is 0 Å². The minimum atomic E-state index is -0.589. The van der Waals surface area contributed by atoms with Crippen LogP contribution in [-0.2, 0) is 11.3 Å². The molecule has 6 nitrogen and oxygen atoms in total. The summed E-state index contributed by atoms with van der Waals surface area (Å²) in [5.41, 5.74) is 1.39. The maximum absolute atomic E-state index is 12.5. The standard InChI is InChI=1S/C20H17ClO6/c1-11-6-18-15(9-16(11)21)12(7-19(22)27-18)10-26-20(23)14-5-4-13(24-2)8-17(14)25-3/h4-9H,10H2,1-3H3. The Kier molecular flexibility index (Phi) is 5.37. The summed E-state index contributed by atoms with van der Waals surface area (Å²) in [4.78, 5) is 24.3. The summed E-state index contributed by atoms with van der Waals surface area (Å²) in [5, 5.41) is 1.14. The fraction of sp³-hybridized carbons (Fsp3) is 0.200. The highest BCUT2D eigenvalue weighted by molar-refractivity contribution is 6.32. The summed E-state index contributed by atoms with van der Waals surface area (Å²) in [6, 6.07) is 9.42. The van der Waals surface area contributed by atoms with Gasteiger partial charge in [0.25, 0.3) is 0 Å². The molecule has 140 valence electrons. The first-order valence-corrected chi connectivity index (χ1v) is 8.42. The van der Waals surface area contributed by atoms with Gasteiger partial charge in [-0.3, -0.25) is 0 Å². The zero-order valence-electron chi connectivity index (χ0n) is 15.0. The summed E-state index contributed by atoms with van der Waals surface area (Å²) in [7, 11) is 2.97. The number of carbonyl (C=O) groups excluding carboxylic acids is 1. The molecule has 0 amide bonds. The van der Waals surface area contributed by atoms with E-state index in [1.54, 1.807) is 30.3 Å². The van der Waals surface area contributed by atoms with Crippen LogP contribution < -0.4 is 15.1 Å². The first-order chi connectivity index (χ1) is 12.9. The second-order valence-electron chi connectivity index (χ2n) is 5.83. The second kappa shape index (κ2) is 7.72. The van der Waals surface area contributed by atoms with Crippen molar-refractivity contribution < 1.29 is 23.4 Å². The Labute approximate surface area is 160 Å². The third-order valence-electron chi connectivity index (χ3n) is 4.10. The fourth-order valence-electron chi connectivity index (χ4n) is 2.66. The van der Waals surface area contributed by atoms with Crippen LogP contribution in [0.3, 0.4) is 0 Å². The van der Waals surface area contributed by atoms with Gasteiger partial charge in [-0.15, -0.1) is 0 Å². The van der Waals surface area contributed by atoms with Gasteiger partial charge in [0.1, 0.15) is 29.3 Å². The van der Waals surface area contributed by atoms with Gasteiger partial charge in [-0.25, -0.2) is 9.59 Å². The largest absolute Gasteiger partial charge is 0.497 e. The smallest absolute Gasteiger partial charge is 0.342 e. The van der Waals surface area contributed by atoms with Crippen molar-refractivity contribution in [3.63, 3.8) is 0 Å². The molecule has 27 heavy (non-hydrogen) atoms. The lowest BCUT2D eigenvalue weighted by Crippen LogP contribution is -2.09. The number of aryl methyl sites for hydroxylation is 1. The summed E-state index contributed by atoms with van der Waals surface area (Å²) >= 11 is 6.17. The van der Waals surface area contributed by atoms with Crippen LogP contribution in [0.25, 0.3) is 11.0 Å². The molecule has 1 aromatic heterocycles. The Morgan fingerprint density at radius 2 is 1.89 bits per heavy atom. The fourth-order valence-corrected chi connectivity index (χ4v) is 2.82. The molecule has 0 atom stereocenters. The quantitative estimate of drug-likeness (QED) is 0.483. The molecule has 0 aliphatic carbocycles. The predicted molar refractivity (Wildman–Crippen MR) is 101 cm³/mol. The van der Waals surface area contributed by atoms with Gasteiger partial charge in [0, 0.05) is 28.1 Å². The van der Waals surface area contributed by atoms with E-state index < -0.39 is 11.6 Å². The van der Waals surface area contributed by atoms with Crippen LogP contribution in [-0.4, -0.2) is 20.2 Å². The van der Waals surface area contributed by atoms with Crippen molar-refractivity contribution in [1.82, 2.24) is 0 Å². The summed E-state index contributed by atoms with van der Waals surface area (Å²) in [6.45, 7) is 1.69. The SMILES string of the molecule is COc1ccc(C(=O)OCc2cc(=O)oc3cc(C)c(Cl)cc23)c(OC)c1. The minimum Gasteiger partial charge on any atom is -0.497 e. The highest BCUT2D eigenvalue weighted by Crippen LogP contribution is 2.27. The molecule has 0 aliphatic heterocycles. The van der Waals surface area contributed by atoms with E-state index in [1.165, 1.54) is 20.3 Å². The van der Waals surface area contributed by atoms with Crippen molar-refractivity contribution in [2.75, 3.05) is 14.2 Å². The van der Waals surface area contributed by atoms with Crippen LogP contribution in [0.2, 0.25) is 5.02 Å². The Balaban J connectivity index is 1.90. The van der Waals surface area contributed by atoms with Crippen LogP contribution in [0.4, 0.5) is 0 Å². The van der Waals surface area contributed by atoms with Crippen LogP contribution in [0.5, 0.6) is 11.5 Å². The Bertz CT molecular complexity index is 1070. The number of ether oxygens (including phenoxy) is 3. The maximum Gasteiger partial charge on any atom is 0.342 e. The van der Waals surface area contributed by atoms with Crippen molar-refractivity contribution in [3.05, 3.63) is 68.5 Å². The highest BCUT2D eigenvalue weighted by Gasteiger charge is 2.16. The van der Waals surface area contributed by atoms with Gasteiger partial charge in [0.05, 0.1) is 14.2 Å². The number of hydrogen-bond donors (Lipinski definition) is 0. The Morgan fingerprint density at radius 3 is 2.59 bits per heavy atom. The normalized spacial score (nSPS) is 10.7. The molecular formula is C20H17ClO6. The minimum absolute atomic E-state index is 0.116. The van der Waals surface area contributed by atoms with Gasteiger partial charge in [0.15, 0.2) is 0 Å². The summed E-state index contributed by atoms with van der Waals surface area (Å²) in [5.74, 6) is 0.296. The van der Waals surface area contributed by atoms with E-state index >= 15 is 0 Å². The number of fused-ring (bicyclic) bond motifs is 1. The van der Waals surface area contributed by atoms with Gasteiger partial charge >= 0.3 is 11.6 Å². The molecule has 0 spiro atoms. The van der Waals surface area contributed by atoms with E-state index in [1.807, 2.05) is 6.92 Å². The molecule has 3 rings (SSSR count). The molecule has 1 heterocycles. The average molecular weight is 389 g/mol. The van der Waals surface area contributed by atoms with E-state index in [2.05, 4.69) is 0 Å². The molecule has 0 radical (unpaired) electrons. The number of hydrogen-bond acceptors (Lipinski definition) is 6. The van der Waals surface area contributed by atoms with E-state index in [0.717, 1.165) is 5.56 Å². The lowest BCUT2D eigenvalue weighted by molar-refractivity contribution is 0.0470. The maximum atomic E-state index is 12.5.